The van der Waals surface area contributed by atoms with Crippen molar-refractivity contribution in [2.75, 3.05) is 20.2 Å². The van der Waals surface area contributed by atoms with Crippen molar-refractivity contribution >= 4 is 22.7 Å². The minimum absolute atomic E-state index is 0.00435. The first-order chi connectivity index (χ1) is 16.1. The fourth-order valence-corrected chi connectivity index (χ4v) is 5.46. The Kier molecular flexibility index (Phi) is 5.83. The van der Waals surface area contributed by atoms with E-state index in [1.807, 2.05) is 36.4 Å². The van der Waals surface area contributed by atoms with Crippen LogP contribution in [-0.4, -0.2) is 52.8 Å². The summed E-state index contributed by atoms with van der Waals surface area (Å²) in [6.07, 6.45) is 4.85. The van der Waals surface area contributed by atoms with Crippen molar-refractivity contribution in [1.82, 2.24) is 14.8 Å². The number of aromatic amines is 1. The molecule has 2 unspecified atom stereocenters. The number of hydrogen-bond acceptors (Lipinski definition) is 3. The summed E-state index contributed by atoms with van der Waals surface area (Å²) in [6.45, 7) is 2.96. The number of aromatic nitrogens is 1. The van der Waals surface area contributed by atoms with Gasteiger partial charge in [-0.3, -0.25) is 9.59 Å². The molecule has 1 aromatic heterocycles. The van der Waals surface area contributed by atoms with Crippen molar-refractivity contribution < 1.29 is 14.3 Å². The van der Waals surface area contributed by atoms with Crippen molar-refractivity contribution in [3.8, 4) is 5.75 Å². The van der Waals surface area contributed by atoms with E-state index in [0.29, 0.717) is 13.0 Å². The van der Waals surface area contributed by atoms with E-state index in [2.05, 4.69) is 24.0 Å². The fourth-order valence-electron chi connectivity index (χ4n) is 5.46. The monoisotopic (exact) mass is 445 g/mol. The Morgan fingerprint density at radius 1 is 1.03 bits per heavy atom. The van der Waals surface area contributed by atoms with E-state index in [1.165, 1.54) is 0 Å². The largest absolute Gasteiger partial charge is 0.496 e. The molecule has 2 atom stereocenters. The van der Waals surface area contributed by atoms with E-state index in [1.54, 1.807) is 16.9 Å². The number of methoxy groups -OCH3 is 1. The highest BCUT2D eigenvalue weighted by Crippen LogP contribution is 2.44. The van der Waals surface area contributed by atoms with Gasteiger partial charge < -0.3 is 19.5 Å². The molecule has 5 rings (SSSR count). The van der Waals surface area contributed by atoms with E-state index in [0.717, 1.165) is 59.2 Å². The van der Waals surface area contributed by atoms with Crippen LogP contribution in [0.15, 0.2) is 48.5 Å². The Morgan fingerprint density at radius 2 is 1.82 bits per heavy atom. The standard InChI is InChI=1S/C27H31N3O3/c1-3-4-5-10-15-29-17-24(31)30-22(27(29)32)16-20-18-11-6-8-13-21(18)28-25(20)26(30)19-12-7-9-14-23(19)33-2/h6-9,11-14,22,26,28H,3-5,10,15-17H2,1-2H3. The number of hydrogen-bond donors (Lipinski definition) is 1. The molecule has 0 spiro atoms. The van der Waals surface area contributed by atoms with E-state index in [9.17, 15) is 9.59 Å². The molecule has 0 radical (unpaired) electrons. The van der Waals surface area contributed by atoms with Gasteiger partial charge in [0.15, 0.2) is 0 Å². The highest BCUT2D eigenvalue weighted by atomic mass is 16.5. The maximum Gasteiger partial charge on any atom is 0.246 e. The molecule has 3 heterocycles. The number of rotatable bonds is 7. The van der Waals surface area contributed by atoms with Gasteiger partial charge in [0.25, 0.3) is 0 Å². The minimum atomic E-state index is -0.501. The number of unbranched alkanes of at least 4 members (excludes halogenated alkanes) is 3. The molecular weight excluding hydrogens is 414 g/mol. The van der Waals surface area contributed by atoms with Gasteiger partial charge in [-0.25, -0.2) is 0 Å². The van der Waals surface area contributed by atoms with Crippen LogP contribution >= 0.6 is 0 Å². The maximum absolute atomic E-state index is 13.7. The average Bonchev–Trinajstić information content (AvgIpc) is 3.22. The zero-order chi connectivity index (χ0) is 22.9. The predicted molar refractivity (Wildman–Crippen MR) is 128 cm³/mol. The van der Waals surface area contributed by atoms with Crippen molar-refractivity contribution in [3.05, 3.63) is 65.4 Å². The number of amides is 2. The van der Waals surface area contributed by atoms with Gasteiger partial charge in [0.05, 0.1) is 13.7 Å². The first-order valence-corrected chi connectivity index (χ1v) is 12.0. The Hall–Kier alpha value is -3.28. The van der Waals surface area contributed by atoms with Crippen LogP contribution in [-0.2, 0) is 16.0 Å². The summed E-state index contributed by atoms with van der Waals surface area (Å²) in [6, 6.07) is 15.1. The van der Waals surface area contributed by atoms with Crippen molar-refractivity contribution in [2.24, 2.45) is 0 Å². The summed E-state index contributed by atoms with van der Waals surface area (Å²) in [5.74, 6) is 0.771. The molecule has 6 heteroatoms. The van der Waals surface area contributed by atoms with Crippen molar-refractivity contribution in [2.45, 2.75) is 51.1 Å². The molecule has 1 N–H and O–H groups in total. The third-order valence-electron chi connectivity index (χ3n) is 7.06. The van der Waals surface area contributed by atoms with Gasteiger partial charge in [0.2, 0.25) is 11.8 Å². The van der Waals surface area contributed by atoms with Crippen LogP contribution < -0.4 is 4.74 Å². The molecule has 2 aromatic carbocycles. The average molecular weight is 446 g/mol. The summed E-state index contributed by atoms with van der Waals surface area (Å²) in [4.78, 5) is 34.4. The number of nitrogens with one attached hydrogen (secondary N) is 1. The Bertz CT molecular complexity index is 1180. The van der Waals surface area contributed by atoms with Gasteiger partial charge >= 0.3 is 0 Å². The van der Waals surface area contributed by atoms with Crippen LogP contribution in [0, 0.1) is 0 Å². The van der Waals surface area contributed by atoms with Crippen LogP contribution in [0.4, 0.5) is 0 Å². The minimum Gasteiger partial charge on any atom is -0.496 e. The second kappa shape index (κ2) is 8.93. The van der Waals surface area contributed by atoms with E-state index in [-0.39, 0.29) is 24.4 Å². The lowest BCUT2D eigenvalue weighted by Crippen LogP contribution is -2.63. The number of benzene rings is 2. The number of carbonyl (C=O) groups is 2. The molecule has 2 amide bonds. The van der Waals surface area contributed by atoms with E-state index < -0.39 is 6.04 Å². The summed E-state index contributed by atoms with van der Waals surface area (Å²) < 4.78 is 5.68. The molecule has 172 valence electrons. The quantitative estimate of drug-likeness (QED) is 0.547. The van der Waals surface area contributed by atoms with Gasteiger partial charge in [-0.05, 0) is 24.1 Å². The van der Waals surface area contributed by atoms with Gasteiger partial charge in [0, 0.05) is 35.1 Å². The van der Waals surface area contributed by atoms with Crippen LogP contribution in [0.25, 0.3) is 10.9 Å². The molecule has 2 aliphatic rings. The van der Waals surface area contributed by atoms with Gasteiger partial charge in [0.1, 0.15) is 17.8 Å². The van der Waals surface area contributed by atoms with Crippen LogP contribution in [0.2, 0.25) is 0 Å². The first-order valence-electron chi connectivity index (χ1n) is 12.0. The summed E-state index contributed by atoms with van der Waals surface area (Å²) >= 11 is 0. The second-order valence-electron chi connectivity index (χ2n) is 9.05. The predicted octanol–water partition coefficient (Wildman–Crippen LogP) is 4.44. The zero-order valence-corrected chi connectivity index (χ0v) is 19.3. The van der Waals surface area contributed by atoms with E-state index in [4.69, 9.17) is 4.74 Å². The molecule has 0 bridgehead atoms. The Labute approximate surface area is 194 Å². The number of ether oxygens (including phenoxy) is 1. The first kappa shape index (κ1) is 21.6. The summed E-state index contributed by atoms with van der Waals surface area (Å²) in [5.41, 5.74) is 4.03. The highest BCUT2D eigenvalue weighted by Gasteiger charge is 2.48. The number of carbonyl (C=O) groups excluding carboxylic acids is 2. The van der Waals surface area contributed by atoms with Gasteiger partial charge in [-0.15, -0.1) is 0 Å². The van der Waals surface area contributed by atoms with Gasteiger partial charge in [-0.1, -0.05) is 62.6 Å². The van der Waals surface area contributed by atoms with Gasteiger partial charge in [-0.2, -0.15) is 0 Å². The fraction of sp³-hybridized carbons (Fsp3) is 0.407. The van der Waals surface area contributed by atoms with Crippen LogP contribution in [0.1, 0.15) is 55.5 Å². The zero-order valence-electron chi connectivity index (χ0n) is 19.3. The lowest BCUT2D eigenvalue weighted by atomic mass is 9.86. The number of fused-ring (bicyclic) bond motifs is 4. The third kappa shape index (κ3) is 3.67. The van der Waals surface area contributed by atoms with Crippen LogP contribution in [0.5, 0.6) is 5.75 Å². The molecule has 0 saturated carbocycles. The SMILES string of the molecule is CCCCCCN1CC(=O)N2C(Cc3c([nH]c4ccccc34)C2c2ccccc2OC)C1=O. The lowest BCUT2D eigenvalue weighted by Gasteiger charge is -2.47. The van der Waals surface area contributed by atoms with E-state index >= 15 is 0 Å². The number of piperazine rings is 1. The highest BCUT2D eigenvalue weighted by molar-refractivity contribution is 5.97. The van der Waals surface area contributed by atoms with Crippen LogP contribution in [0.3, 0.4) is 0 Å². The van der Waals surface area contributed by atoms with Crippen molar-refractivity contribution in [1.29, 1.82) is 0 Å². The molecular formula is C27H31N3O3. The topological polar surface area (TPSA) is 65.6 Å². The smallest absolute Gasteiger partial charge is 0.246 e. The summed E-state index contributed by atoms with van der Waals surface area (Å²) in [5, 5.41) is 1.12. The third-order valence-corrected chi connectivity index (χ3v) is 7.06. The maximum atomic E-state index is 13.7. The molecule has 33 heavy (non-hydrogen) atoms. The second-order valence-corrected chi connectivity index (χ2v) is 9.05. The number of H-pyrrole nitrogens is 1. The molecule has 3 aromatic rings. The lowest BCUT2D eigenvalue weighted by molar-refractivity contribution is -0.158. The normalized spacial score (nSPS) is 20.2. The molecule has 0 aliphatic carbocycles. The Balaban J connectivity index is 1.59. The van der Waals surface area contributed by atoms with Crippen molar-refractivity contribution in [3.63, 3.8) is 0 Å². The molecule has 1 saturated heterocycles. The summed E-state index contributed by atoms with van der Waals surface area (Å²) in [7, 11) is 1.65. The number of para-hydroxylation sites is 2. The molecule has 6 nitrogen and oxygen atoms in total. The Morgan fingerprint density at radius 3 is 2.64 bits per heavy atom. The molecule has 2 aliphatic heterocycles. The number of nitrogens with zero attached hydrogens (tertiary/aromatic N) is 2. The molecule has 1 fully saturated rings.